The van der Waals surface area contributed by atoms with Gasteiger partial charge in [0.1, 0.15) is 5.82 Å². The summed E-state index contributed by atoms with van der Waals surface area (Å²) in [7, 11) is 1.78. The van der Waals surface area contributed by atoms with Crippen LogP contribution < -0.4 is 0 Å². The van der Waals surface area contributed by atoms with Crippen molar-refractivity contribution in [1.82, 2.24) is 19.7 Å². The number of carbonyl (C=O) groups is 2. The number of aromatic amines is 1. The largest absolute Gasteiger partial charge is 0.462 e. The molecular weight excluding hydrogens is 395 g/mol. The molecule has 9 heteroatoms. The first-order chi connectivity index (χ1) is 13.8. The van der Waals surface area contributed by atoms with E-state index in [1.54, 1.807) is 44.5 Å². The van der Waals surface area contributed by atoms with Crippen molar-refractivity contribution in [3.63, 3.8) is 0 Å². The fourth-order valence-corrected chi connectivity index (χ4v) is 3.86. The van der Waals surface area contributed by atoms with Gasteiger partial charge in [0.15, 0.2) is 16.8 Å². The second-order valence-corrected chi connectivity index (χ2v) is 7.37. The van der Waals surface area contributed by atoms with Crippen LogP contribution in [-0.4, -0.2) is 43.9 Å². The van der Waals surface area contributed by atoms with Crippen LogP contribution in [0.5, 0.6) is 0 Å². The van der Waals surface area contributed by atoms with E-state index in [4.69, 9.17) is 4.74 Å². The molecule has 0 saturated carbocycles. The Morgan fingerprint density at radius 1 is 1.14 bits per heavy atom. The molecular formula is C20H21FN4O3S. The van der Waals surface area contributed by atoms with Crippen LogP contribution in [0.4, 0.5) is 4.39 Å². The maximum absolute atomic E-state index is 13.1. The molecule has 152 valence electrons. The SMILES string of the molecule is CCOC(=O)c1c(C)[nH]c(C)c1C(=O)CSc1nnc(-c2ccc(F)cc2)n1C. The van der Waals surface area contributed by atoms with Gasteiger partial charge in [-0.25, -0.2) is 9.18 Å². The molecule has 7 nitrogen and oxygen atoms in total. The number of aromatic nitrogens is 4. The van der Waals surface area contributed by atoms with E-state index in [0.717, 1.165) is 5.56 Å². The van der Waals surface area contributed by atoms with Gasteiger partial charge < -0.3 is 14.3 Å². The number of Topliss-reactive ketones (excluding diaryl/α,β-unsaturated/α-hetero) is 1. The summed E-state index contributed by atoms with van der Waals surface area (Å²) in [5, 5.41) is 8.80. The lowest BCUT2D eigenvalue weighted by Gasteiger charge is -2.06. The molecule has 1 aromatic carbocycles. The molecule has 0 spiro atoms. The number of rotatable bonds is 7. The Labute approximate surface area is 171 Å². The Hall–Kier alpha value is -2.94. The van der Waals surface area contributed by atoms with Gasteiger partial charge in [0, 0.05) is 24.0 Å². The zero-order valence-electron chi connectivity index (χ0n) is 16.6. The Morgan fingerprint density at radius 3 is 2.45 bits per heavy atom. The third-order valence-corrected chi connectivity index (χ3v) is 5.42. The average Bonchev–Trinajstić information content (AvgIpc) is 3.19. The number of hydrogen-bond acceptors (Lipinski definition) is 6. The number of nitrogens with zero attached hydrogens (tertiary/aromatic N) is 3. The lowest BCUT2D eigenvalue weighted by Crippen LogP contribution is -2.13. The summed E-state index contributed by atoms with van der Waals surface area (Å²) in [6.45, 7) is 5.44. The molecule has 0 aliphatic heterocycles. The standard InChI is InChI=1S/C20H21FN4O3S/c1-5-28-19(27)17-12(3)22-11(2)16(17)15(26)10-29-20-24-23-18(25(20)4)13-6-8-14(21)9-7-13/h6-9,22H,5,10H2,1-4H3. The van der Waals surface area contributed by atoms with Gasteiger partial charge in [0.2, 0.25) is 0 Å². The highest BCUT2D eigenvalue weighted by atomic mass is 32.2. The second kappa shape index (κ2) is 8.60. The highest BCUT2D eigenvalue weighted by molar-refractivity contribution is 7.99. The van der Waals surface area contributed by atoms with Crippen molar-refractivity contribution in [1.29, 1.82) is 0 Å². The predicted molar refractivity (Wildman–Crippen MR) is 108 cm³/mol. The van der Waals surface area contributed by atoms with Crippen LogP contribution in [0.25, 0.3) is 11.4 Å². The van der Waals surface area contributed by atoms with E-state index in [0.29, 0.717) is 27.9 Å². The number of nitrogens with one attached hydrogen (secondary N) is 1. The molecule has 0 saturated heterocycles. The van der Waals surface area contributed by atoms with Gasteiger partial charge in [0.25, 0.3) is 0 Å². The van der Waals surface area contributed by atoms with Crippen molar-refractivity contribution >= 4 is 23.5 Å². The zero-order valence-corrected chi connectivity index (χ0v) is 17.4. The van der Waals surface area contributed by atoms with E-state index >= 15 is 0 Å². The number of thioether (sulfide) groups is 1. The first-order valence-corrected chi connectivity index (χ1v) is 9.99. The molecule has 2 aromatic heterocycles. The van der Waals surface area contributed by atoms with E-state index in [2.05, 4.69) is 15.2 Å². The van der Waals surface area contributed by atoms with Crippen LogP contribution in [0.2, 0.25) is 0 Å². The van der Waals surface area contributed by atoms with E-state index in [1.807, 2.05) is 0 Å². The number of ketones is 1. The molecule has 3 aromatic rings. The molecule has 0 amide bonds. The molecule has 0 bridgehead atoms. The monoisotopic (exact) mass is 416 g/mol. The van der Waals surface area contributed by atoms with E-state index in [9.17, 15) is 14.0 Å². The first-order valence-electron chi connectivity index (χ1n) is 9.01. The quantitative estimate of drug-likeness (QED) is 0.359. The number of esters is 1. The lowest BCUT2D eigenvalue weighted by atomic mass is 10.1. The Bertz CT molecular complexity index is 1060. The molecule has 0 aliphatic rings. The topological polar surface area (TPSA) is 89.9 Å². The maximum atomic E-state index is 13.1. The van der Waals surface area contributed by atoms with Gasteiger partial charge >= 0.3 is 5.97 Å². The molecule has 29 heavy (non-hydrogen) atoms. The fourth-order valence-electron chi connectivity index (χ4n) is 3.08. The summed E-state index contributed by atoms with van der Waals surface area (Å²) in [5.41, 5.74) is 2.57. The minimum atomic E-state index is -0.514. The normalized spacial score (nSPS) is 10.9. The predicted octanol–water partition coefficient (Wildman–Crippen LogP) is 3.72. The van der Waals surface area contributed by atoms with Gasteiger partial charge in [-0.1, -0.05) is 11.8 Å². The summed E-state index contributed by atoms with van der Waals surface area (Å²) in [4.78, 5) is 28.2. The van der Waals surface area contributed by atoms with Crippen LogP contribution in [0.15, 0.2) is 29.4 Å². The number of ether oxygens (including phenoxy) is 1. The molecule has 0 fully saturated rings. The lowest BCUT2D eigenvalue weighted by molar-refractivity contribution is 0.0522. The summed E-state index contributed by atoms with van der Waals surface area (Å²) >= 11 is 1.22. The number of hydrogen-bond donors (Lipinski definition) is 1. The maximum Gasteiger partial charge on any atom is 0.340 e. The Kier molecular flexibility index (Phi) is 6.17. The first kappa shape index (κ1) is 20.8. The van der Waals surface area contributed by atoms with Gasteiger partial charge in [-0.2, -0.15) is 0 Å². The van der Waals surface area contributed by atoms with Crippen LogP contribution in [0.3, 0.4) is 0 Å². The molecule has 2 heterocycles. The van der Waals surface area contributed by atoms with Crippen LogP contribution in [0.1, 0.15) is 39.0 Å². The molecule has 3 rings (SSSR count). The number of halogens is 1. The van der Waals surface area contributed by atoms with Crippen molar-refractivity contribution in [3.8, 4) is 11.4 Å². The molecule has 1 N–H and O–H groups in total. The van der Waals surface area contributed by atoms with Gasteiger partial charge in [-0.05, 0) is 45.0 Å². The number of benzene rings is 1. The van der Waals surface area contributed by atoms with Gasteiger partial charge in [0.05, 0.1) is 23.5 Å². The smallest absolute Gasteiger partial charge is 0.340 e. The number of aryl methyl sites for hydroxylation is 2. The summed E-state index contributed by atoms with van der Waals surface area (Å²) < 4.78 is 20.0. The molecule has 0 aliphatic carbocycles. The Balaban J connectivity index is 1.79. The van der Waals surface area contributed by atoms with Crippen molar-refractivity contribution in [2.75, 3.05) is 12.4 Å². The highest BCUT2D eigenvalue weighted by Gasteiger charge is 2.25. The Morgan fingerprint density at radius 2 is 1.79 bits per heavy atom. The van der Waals surface area contributed by atoms with E-state index < -0.39 is 5.97 Å². The van der Waals surface area contributed by atoms with E-state index in [-0.39, 0.29) is 29.5 Å². The van der Waals surface area contributed by atoms with Crippen molar-refractivity contribution < 1.29 is 18.7 Å². The highest BCUT2D eigenvalue weighted by Crippen LogP contribution is 2.26. The minimum absolute atomic E-state index is 0.0833. The molecule has 0 radical (unpaired) electrons. The molecule has 0 atom stereocenters. The summed E-state index contributed by atoms with van der Waals surface area (Å²) in [6.07, 6.45) is 0. The van der Waals surface area contributed by atoms with Gasteiger partial charge in [-0.15, -0.1) is 10.2 Å². The minimum Gasteiger partial charge on any atom is -0.462 e. The summed E-state index contributed by atoms with van der Waals surface area (Å²) in [5.74, 6) is -0.391. The number of carbonyl (C=O) groups excluding carboxylic acids is 2. The molecule has 0 unspecified atom stereocenters. The third-order valence-electron chi connectivity index (χ3n) is 4.40. The van der Waals surface area contributed by atoms with Crippen LogP contribution in [-0.2, 0) is 11.8 Å². The average molecular weight is 416 g/mol. The fraction of sp³-hybridized carbons (Fsp3) is 0.300. The number of H-pyrrole nitrogens is 1. The van der Waals surface area contributed by atoms with Crippen molar-refractivity contribution in [3.05, 3.63) is 52.6 Å². The second-order valence-electron chi connectivity index (χ2n) is 6.43. The van der Waals surface area contributed by atoms with E-state index in [1.165, 1.54) is 23.9 Å². The van der Waals surface area contributed by atoms with Crippen molar-refractivity contribution in [2.45, 2.75) is 25.9 Å². The van der Waals surface area contributed by atoms with Crippen LogP contribution in [0, 0.1) is 19.7 Å². The van der Waals surface area contributed by atoms with Crippen LogP contribution >= 0.6 is 11.8 Å². The third kappa shape index (κ3) is 4.24. The van der Waals surface area contributed by atoms with Crippen molar-refractivity contribution in [2.24, 2.45) is 7.05 Å². The van der Waals surface area contributed by atoms with Gasteiger partial charge in [-0.3, -0.25) is 4.79 Å². The zero-order chi connectivity index (χ0) is 21.1. The summed E-state index contributed by atoms with van der Waals surface area (Å²) in [6, 6.07) is 5.95.